The summed E-state index contributed by atoms with van der Waals surface area (Å²) in [5.41, 5.74) is 6.17. The lowest BCUT2D eigenvalue weighted by atomic mass is 10.0. The van der Waals surface area contributed by atoms with Crippen LogP contribution in [0.15, 0.2) is 22.9 Å². The highest BCUT2D eigenvalue weighted by atomic mass is 35.5. The number of pyridine rings is 1. The molecule has 0 atom stereocenters. The SMILES string of the molecule is Cn1c2c(c3c(-c4ccsc4)cc(Cl)nc31)CNCC2. The summed E-state index contributed by atoms with van der Waals surface area (Å²) in [5.74, 6) is 0. The van der Waals surface area contributed by atoms with Gasteiger partial charge in [0.1, 0.15) is 10.8 Å². The van der Waals surface area contributed by atoms with Crippen molar-refractivity contribution in [1.82, 2.24) is 14.9 Å². The Hall–Kier alpha value is -1.36. The summed E-state index contributed by atoms with van der Waals surface area (Å²) in [6.45, 7) is 1.94. The summed E-state index contributed by atoms with van der Waals surface area (Å²) in [5, 5.41) is 9.54. The predicted molar refractivity (Wildman–Crippen MR) is 84.4 cm³/mol. The second kappa shape index (κ2) is 4.58. The Morgan fingerprint density at radius 2 is 2.35 bits per heavy atom. The van der Waals surface area contributed by atoms with Crippen molar-refractivity contribution in [3.8, 4) is 11.1 Å². The molecule has 0 saturated heterocycles. The largest absolute Gasteiger partial charge is 0.332 e. The van der Waals surface area contributed by atoms with Crippen LogP contribution >= 0.6 is 22.9 Å². The van der Waals surface area contributed by atoms with Crippen LogP contribution in [0.25, 0.3) is 22.2 Å². The lowest BCUT2D eigenvalue weighted by molar-refractivity contribution is 0.621. The van der Waals surface area contributed by atoms with Crippen LogP contribution in [-0.2, 0) is 20.0 Å². The van der Waals surface area contributed by atoms with Gasteiger partial charge in [0.25, 0.3) is 0 Å². The van der Waals surface area contributed by atoms with E-state index in [9.17, 15) is 0 Å². The maximum absolute atomic E-state index is 6.24. The van der Waals surface area contributed by atoms with Gasteiger partial charge >= 0.3 is 0 Å². The third-order valence-corrected chi connectivity index (χ3v) is 4.89. The minimum absolute atomic E-state index is 0.560. The number of halogens is 1. The molecule has 0 bridgehead atoms. The number of nitrogens with zero attached hydrogens (tertiary/aromatic N) is 2. The number of thiophene rings is 1. The third-order valence-electron chi connectivity index (χ3n) is 4.01. The van der Waals surface area contributed by atoms with E-state index in [0.29, 0.717) is 5.15 Å². The molecule has 20 heavy (non-hydrogen) atoms. The average molecular weight is 304 g/mol. The number of aromatic nitrogens is 2. The van der Waals surface area contributed by atoms with Crippen molar-refractivity contribution in [2.75, 3.05) is 6.54 Å². The van der Waals surface area contributed by atoms with Crippen LogP contribution in [0.5, 0.6) is 0 Å². The van der Waals surface area contributed by atoms with Crippen LogP contribution in [0.1, 0.15) is 11.3 Å². The zero-order valence-corrected chi connectivity index (χ0v) is 12.7. The second-order valence-corrected chi connectivity index (χ2v) is 6.28. The van der Waals surface area contributed by atoms with Gasteiger partial charge in [0.15, 0.2) is 0 Å². The highest BCUT2D eigenvalue weighted by Crippen LogP contribution is 2.37. The van der Waals surface area contributed by atoms with Crippen molar-refractivity contribution in [2.24, 2.45) is 7.05 Å². The van der Waals surface area contributed by atoms with Crippen LogP contribution in [0.4, 0.5) is 0 Å². The van der Waals surface area contributed by atoms with E-state index >= 15 is 0 Å². The molecule has 4 rings (SSSR count). The standard InChI is InChI=1S/C15H14ClN3S/c1-19-12-2-4-17-7-11(12)14-10(9-3-5-20-8-9)6-13(16)18-15(14)19/h3,5-6,8,17H,2,4,7H2,1H3. The van der Waals surface area contributed by atoms with E-state index in [1.807, 2.05) is 6.07 Å². The van der Waals surface area contributed by atoms with Gasteiger partial charge in [-0.15, -0.1) is 0 Å². The Balaban J connectivity index is 2.13. The fourth-order valence-corrected chi connectivity index (χ4v) is 3.94. The van der Waals surface area contributed by atoms with E-state index in [1.54, 1.807) is 11.3 Å². The summed E-state index contributed by atoms with van der Waals surface area (Å²) in [6, 6.07) is 4.13. The van der Waals surface area contributed by atoms with Gasteiger partial charge in [-0.2, -0.15) is 11.3 Å². The number of rotatable bonds is 1. The molecule has 3 aromatic heterocycles. The predicted octanol–water partition coefficient (Wildman–Crippen LogP) is 3.60. The normalized spacial score (nSPS) is 14.7. The van der Waals surface area contributed by atoms with Crippen LogP contribution in [-0.4, -0.2) is 16.1 Å². The lowest BCUT2D eigenvalue weighted by Gasteiger charge is -2.15. The van der Waals surface area contributed by atoms with E-state index < -0.39 is 0 Å². The Kier molecular flexibility index (Phi) is 2.84. The minimum Gasteiger partial charge on any atom is -0.332 e. The van der Waals surface area contributed by atoms with E-state index in [4.69, 9.17) is 11.6 Å². The summed E-state index contributed by atoms with van der Waals surface area (Å²) in [6.07, 6.45) is 1.04. The zero-order chi connectivity index (χ0) is 13.7. The van der Waals surface area contributed by atoms with Crippen molar-refractivity contribution in [3.05, 3.63) is 39.3 Å². The molecule has 4 heterocycles. The molecule has 0 unspecified atom stereocenters. The highest BCUT2D eigenvalue weighted by Gasteiger charge is 2.22. The van der Waals surface area contributed by atoms with Gasteiger partial charge in [-0.3, -0.25) is 0 Å². The Labute approximate surface area is 126 Å². The molecule has 102 valence electrons. The molecular formula is C15H14ClN3S. The van der Waals surface area contributed by atoms with Gasteiger partial charge in [0.05, 0.1) is 0 Å². The molecule has 3 nitrogen and oxygen atoms in total. The van der Waals surface area contributed by atoms with Crippen molar-refractivity contribution >= 4 is 34.0 Å². The van der Waals surface area contributed by atoms with Crippen LogP contribution in [0.2, 0.25) is 5.15 Å². The molecule has 0 spiro atoms. The molecule has 0 saturated carbocycles. The lowest BCUT2D eigenvalue weighted by Crippen LogP contribution is -2.24. The number of nitrogens with one attached hydrogen (secondary N) is 1. The van der Waals surface area contributed by atoms with E-state index in [-0.39, 0.29) is 0 Å². The van der Waals surface area contributed by atoms with Crippen molar-refractivity contribution in [1.29, 1.82) is 0 Å². The molecule has 0 amide bonds. The molecule has 1 aliphatic rings. The molecular weight excluding hydrogens is 290 g/mol. The number of aryl methyl sites for hydroxylation is 1. The molecule has 0 fully saturated rings. The summed E-state index contributed by atoms with van der Waals surface area (Å²) in [7, 11) is 2.09. The second-order valence-electron chi connectivity index (χ2n) is 5.11. The molecule has 3 aromatic rings. The van der Waals surface area contributed by atoms with Crippen LogP contribution in [0.3, 0.4) is 0 Å². The Morgan fingerprint density at radius 3 is 3.15 bits per heavy atom. The first-order valence-corrected chi connectivity index (χ1v) is 7.98. The molecule has 0 aromatic carbocycles. The van der Waals surface area contributed by atoms with Crippen molar-refractivity contribution < 1.29 is 0 Å². The van der Waals surface area contributed by atoms with Gasteiger partial charge < -0.3 is 9.88 Å². The molecule has 1 N–H and O–H groups in total. The van der Waals surface area contributed by atoms with Gasteiger partial charge in [0.2, 0.25) is 0 Å². The summed E-state index contributed by atoms with van der Waals surface area (Å²) in [4.78, 5) is 4.55. The average Bonchev–Trinajstić information content (AvgIpc) is 3.07. The number of hydrogen-bond donors (Lipinski definition) is 1. The van der Waals surface area contributed by atoms with Gasteiger partial charge in [-0.1, -0.05) is 11.6 Å². The fraction of sp³-hybridized carbons (Fsp3) is 0.267. The molecule has 0 aliphatic carbocycles. The van der Waals surface area contributed by atoms with Gasteiger partial charge in [0, 0.05) is 37.6 Å². The maximum Gasteiger partial charge on any atom is 0.142 e. The molecule has 1 aliphatic heterocycles. The topological polar surface area (TPSA) is 29.9 Å². The molecule has 5 heteroatoms. The number of hydrogen-bond acceptors (Lipinski definition) is 3. The van der Waals surface area contributed by atoms with E-state index in [1.165, 1.54) is 27.8 Å². The van der Waals surface area contributed by atoms with Crippen molar-refractivity contribution in [2.45, 2.75) is 13.0 Å². The maximum atomic E-state index is 6.24. The first kappa shape index (κ1) is 12.4. The third kappa shape index (κ3) is 1.72. The summed E-state index contributed by atoms with van der Waals surface area (Å²) < 4.78 is 2.20. The first-order chi connectivity index (χ1) is 9.75. The summed E-state index contributed by atoms with van der Waals surface area (Å²) >= 11 is 7.95. The van der Waals surface area contributed by atoms with Gasteiger partial charge in [-0.05, 0) is 39.6 Å². The fourth-order valence-electron chi connectivity index (χ4n) is 3.09. The van der Waals surface area contributed by atoms with Crippen molar-refractivity contribution in [3.63, 3.8) is 0 Å². The Morgan fingerprint density at radius 1 is 1.45 bits per heavy atom. The minimum atomic E-state index is 0.560. The van der Waals surface area contributed by atoms with E-state index in [0.717, 1.165) is 25.2 Å². The Bertz CT molecular complexity index is 789. The first-order valence-electron chi connectivity index (χ1n) is 6.65. The van der Waals surface area contributed by atoms with Crippen LogP contribution < -0.4 is 5.32 Å². The quantitative estimate of drug-likeness (QED) is 0.696. The van der Waals surface area contributed by atoms with E-state index in [2.05, 4.69) is 38.7 Å². The zero-order valence-electron chi connectivity index (χ0n) is 11.1. The van der Waals surface area contributed by atoms with Gasteiger partial charge in [-0.25, -0.2) is 4.98 Å². The smallest absolute Gasteiger partial charge is 0.142 e. The molecule has 0 radical (unpaired) electrons. The monoisotopic (exact) mass is 303 g/mol. The van der Waals surface area contributed by atoms with Crippen LogP contribution in [0, 0.1) is 0 Å². The number of fused-ring (bicyclic) bond motifs is 3. The highest BCUT2D eigenvalue weighted by molar-refractivity contribution is 7.08.